The number of rotatable bonds is 2. The molecule has 0 spiro atoms. The summed E-state index contributed by atoms with van der Waals surface area (Å²) in [7, 11) is 0. The van der Waals surface area contributed by atoms with Gasteiger partial charge in [0.05, 0.1) is 0 Å². The highest BCUT2D eigenvalue weighted by Gasteiger charge is 2.00. The van der Waals surface area contributed by atoms with Gasteiger partial charge in [0.1, 0.15) is 0 Å². The van der Waals surface area contributed by atoms with Gasteiger partial charge in [0.2, 0.25) is 0 Å². The standard InChI is InChI=1S/C9H14N2O/c1-7(2)11-6-8(5-10)3-4-9(11)12/h3-4,6-7H,5,10H2,1-2H3. The molecular formula is C9H14N2O. The van der Waals surface area contributed by atoms with Crippen molar-refractivity contribution in [2.75, 3.05) is 0 Å². The Morgan fingerprint density at radius 3 is 2.67 bits per heavy atom. The first-order valence-electron chi connectivity index (χ1n) is 4.06. The van der Waals surface area contributed by atoms with Gasteiger partial charge >= 0.3 is 0 Å². The molecule has 2 N–H and O–H groups in total. The van der Waals surface area contributed by atoms with Crippen LogP contribution in [-0.2, 0) is 6.54 Å². The van der Waals surface area contributed by atoms with E-state index in [1.165, 1.54) is 0 Å². The Morgan fingerprint density at radius 2 is 2.17 bits per heavy atom. The fourth-order valence-electron chi connectivity index (χ4n) is 1.07. The molecule has 0 radical (unpaired) electrons. The molecule has 1 rings (SSSR count). The molecule has 0 atom stereocenters. The molecule has 0 amide bonds. The van der Waals surface area contributed by atoms with Crippen molar-refractivity contribution in [2.45, 2.75) is 26.4 Å². The summed E-state index contributed by atoms with van der Waals surface area (Å²) in [6.45, 7) is 4.43. The Bertz CT molecular complexity index is 315. The van der Waals surface area contributed by atoms with Crippen LogP contribution in [0.3, 0.4) is 0 Å². The third kappa shape index (κ3) is 1.74. The van der Waals surface area contributed by atoms with E-state index < -0.39 is 0 Å². The second-order valence-electron chi connectivity index (χ2n) is 3.08. The zero-order chi connectivity index (χ0) is 9.14. The highest BCUT2D eigenvalue weighted by molar-refractivity contribution is 5.09. The highest BCUT2D eigenvalue weighted by Crippen LogP contribution is 2.01. The molecule has 0 unspecified atom stereocenters. The van der Waals surface area contributed by atoms with Crippen molar-refractivity contribution in [2.24, 2.45) is 5.73 Å². The van der Waals surface area contributed by atoms with E-state index >= 15 is 0 Å². The van der Waals surface area contributed by atoms with Crippen LogP contribution in [0, 0.1) is 0 Å². The lowest BCUT2D eigenvalue weighted by molar-refractivity contribution is 0.574. The number of aromatic nitrogens is 1. The predicted molar refractivity (Wildman–Crippen MR) is 49.0 cm³/mol. The van der Waals surface area contributed by atoms with Gasteiger partial charge < -0.3 is 10.3 Å². The molecule has 12 heavy (non-hydrogen) atoms. The topological polar surface area (TPSA) is 48.0 Å². The van der Waals surface area contributed by atoms with E-state index in [1.807, 2.05) is 20.0 Å². The van der Waals surface area contributed by atoms with Gasteiger partial charge in [-0.3, -0.25) is 4.79 Å². The molecule has 0 bridgehead atoms. The first-order valence-corrected chi connectivity index (χ1v) is 4.06. The van der Waals surface area contributed by atoms with Crippen molar-refractivity contribution in [3.63, 3.8) is 0 Å². The fourth-order valence-corrected chi connectivity index (χ4v) is 1.07. The van der Waals surface area contributed by atoms with Crippen LogP contribution in [0.1, 0.15) is 25.5 Å². The second kappa shape index (κ2) is 3.54. The van der Waals surface area contributed by atoms with E-state index in [0.29, 0.717) is 6.54 Å². The predicted octanol–water partition coefficient (Wildman–Crippen LogP) is 0.888. The molecule has 0 aliphatic rings. The molecule has 0 aromatic carbocycles. The molecule has 1 heterocycles. The van der Waals surface area contributed by atoms with Gasteiger partial charge in [0, 0.05) is 24.8 Å². The number of hydrogen-bond acceptors (Lipinski definition) is 2. The van der Waals surface area contributed by atoms with E-state index in [1.54, 1.807) is 16.7 Å². The maximum atomic E-state index is 11.3. The smallest absolute Gasteiger partial charge is 0.250 e. The number of hydrogen-bond donors (Lipinski definition) is 1. The minimum atomic E-state index is 0.0298. The molecule has 3 nitrogen and oxygen atoms in total. The third-order valence-electron chi connectivity index (χ3n) is 1.79. The lowest BCUT2D eigenvalue weighted by Gasteiger charge is -2.10. The van der Waals surface area contributed by atoms with Crippen molar-refractivity contribution in [3.8, 4) is 0 Å². The quantitative estimate of drug-likeness (QED) is 0.709. The van der Waals surface area contributed by atoms with Gasteiger partial charge in [0.15, 0.2) is 0 Å². The number of nitrogens with two attached hydrogens (primary N) is 1. The van der Waals surface area contributed by atoms with Crippen LogP contribution in [0.5, 0.6) is 0 Å². The summed E-state index contributed by atoms with van der Waals surface area (Å²) in [4.78, 5) is 11.3. The summed E-state index contributed by atoms with van der Waals surface area (Å²) in [5.74, 6) is 0. The Labute approximate surface area is 71.8 Å². The molecular weight excluding hydrogens is 152 g/mol. The molecule has 0 saturated heterocycles. The van der Waals surface area contributed by atoms with E-state index in [4.69, 9.17) is 5.73 Å². The van der Waals surface area contributed by atoms with Gasteiger partial charge in [-0.05, 0) is 19.4 Å². The average Bonchev–Trinajstić information content (AvgIpc) is 2.05. The Balaban J connectivity index is 3.17. The molecule has 1 aromatic heterocycles. The van der Waals surface area contributed by atoms with Gasteiger partial charge in [-0.15, -0.1) is 0 Å². The Hall–Kier alpha value is -1.09. The third-order valence-corrected chi connectivity index (χ3v) is 1.79. The molecule has 0 fully saturated rings. The molecule has 3 heteroatoms. The van der Waals surface area contributed by atoms with E-state index in [9.17, 15) is 4.79 Å². The van der Waals surface area contributed by atoms with Crippen LogP contribution in [0.4, 0.5) is 0 Å². The summed E-state index contributed by atoms with van der Waals surface area (Å²) in [6.07, 6.45) is 1.81. The van der Waals surface area contributed by atoms with Crippen molar-refractivity contribution >= 4 is 0 Å². The lowest BCUT2D eigenvalue weighted by atomic mass is 10.2. The summed E-state index contributed by atoms with van der Waals surface area (Å²) >= 11 is 0. The average molecular weight is 166 g/mol. The second-order valence-corrected chi connectivity index (χ2v) is 3.08. The molecule has 66 valence electrons. The van der Waals surface area contributed by atoms with Crippen molar-refractivity contribution in [1.82, 2.24) is 4.57 Å². The van der Waals surface area contributed by atoms with Crippen LogP contribution in [0.2, 0.25) is 0 Å². The summed E-state index contributed by atoms with van der Waals surface area (Å²) in [6, 6.07) is 3.52. The lowest BCUT2D eigenvalue weighted by Crippen LogP contribution is -2.21. The van der Waals surface area contributed by atoms with E-state index in [0.717, 1.165) is 5.56 Å². The van der Waals surface area contributed by atoms with E-state index in [2.05, 4.69) is 0 Å². The molecule has 0 saturated carbocycles. The fraction of sp³-hybridized carbons (Fsp3) is 0.444. The van der Waals surface area contributed by atoms with Crippen LogP contribution >= 0.6 is 0 Å². The Morgan fingerprint density at radius 1 is 1.50 bits per heavy atom. The number of pyridine rings is 1. The summed E-state index contributed by atoms with van der Waals surface area (Å²) in [5.41, 5.74) is 6.47. The SMILES string of the molecule is CC(C)n1cc(CN)ccc1=O. The first kappa shape index (κ1) is 9.00. The van der Waals surface area contributed by atoms with E-state index in [-0.39, 0.29) is 11.6 Å². The largest absolute Gasteiger partial charge is 0.326 e. The molecule has 1 aromatic rings. The van der Waals surface area contributed by atoms with Crippen molar-refractivity contribution in [1.29, 1.82) is 0 Å². The first-order chi connectivity index (χ1) is 5.65. The maximum absolute atomic E-state index is 11.3. The molecule has 0 aliphatic carbocycles. The minimum Gasteiger partial charge on any atom is -0.326 e. The summed E-state index contributed by atoms with van der Waals surface area (Å²) in [5, 5.41) is 0. The highest BCUT2D eigenvalue weighted by atomic mass is 16.1. The minimum absolute atomic E-state index is 0.0298. The van der Waals surface area contributed by atoms with Gasteiger partial charge in [-0.2, -0.15) is 0 Å². The van der Waals surface area contributed by atoms with Gasteiger partial charge in [-0.25, -0.2) is 0 Å². The van der Waals surface area contributed by atoms with Crippen LogP contribution in [-0.4, -0.2) is 4.57 Å². The monoisotopic (exact) mass is 166 g/mol. The van der Waals surface area contributed by atoms with Gasteiger partial charge in [-0.1, -0.05) is 6.07 Å². The van der Waals surface area contributed by atoms with Crippen LogP contribution < -0.4 is 11.3 Å². The zero-order valence-corrected chi connectivity index (χ0v) is 7.45. The number of nitrogens with zero attached hydrogens (tertiary/aromatic N) is 1. The van der Waals surface area contributed by atoms with Gasteiger partial charge in [0.25, 0.3) is 5.56 Å². The van der Waals surface area contributed by atoms with Crippen molar-refractivity contribution in [3.05, 3.63) is 34.2 Å². The maximum Gasteiger partial charge on any atom is 0.250 e. The molecule has 0 aliphatic heterocycles. The normalized spacial score (nSPS) is 10.7. The zero-order valence-electron chi connectivity index (χ0n) is 7.45. The Kier molecular flexibility index (Phi) is 2.65. The van der Waals surface area contributed by atoms with Crippen LogP contribution in [0.25, 0.3) is 0 Å². The van der Waals surface area contributed by atoms with Crippen LogP contribution in [0.15, 0.2) is 23.1 Å². The summed E-state index contributed by atoms with van der Waals surface area (Å²) < 4.78 is 1.68. The van der Waals surface area contributed by atoms with Crippen molar-refractivity contribution < 1.29 is 0 Å².